The van der Waals surface area contributed by atoms with Crippen LogP contribution in [0, 0.1) is 6.92 Å². The Kier molecular flexibility index (Phi) is 9.91. The van der Waals surface area contributed by atoms with Gasteiger partial charge in [-0.2, -0.15) is 0 Å². The third-order valence-corrected chi connectivity index (χ3v) is 7.48. The first kappa shape index (κ1) is 31.3. The maximum Gasteiger partial charge on any atom is 0.408 e. The van der Waals surface area contributed by atoms with Gasteiger partial charge in [-0.3, -0.25) is 9.59 Å². The summed E-state index contributed by atoms with van der Waals surface area (Å²) in [5, 5.41) is 15.6. The Balaban J connectivity index is 1.77. The fraction of sp³-hybridized carbons (Fsp3) is 0.343. The second-order valence-electron chi connectivity index (χ2n) is 12.0. The summed E-state index contributed by atoms with van der Waals surface area (Å²) in [5.41, 5.74) is 2.98. The molecule has 3 aromatic rings. The Hall–Kier alpha value is -4.59. The number of anilines is 1. The summed E-state index contributed by atoms with van der Waals surface area (Å²) in [5.74, 6) is -0.646. The van der Waals surface area contributed by atoms with Crippen molar-refractivity contribution < 1.29 is 24.2 Å². The molecule has 0 saturated heterocycles. The van der Waals surface area contributed by atoms with Crippen LogP contribution in [0.1, 0.15) is 68.3 Å². The van der Waals surface area contributed by atoms with Crippen molar-refractivity contribution in [2.75, 3.05) is 5.32 Å². The van der Waals surface area contributed by atoms with Gasteiger partial charge in [-0.25, -0.2) is 4.79 Å². The molecule has 8 nitrogen and oxygen atoms in total. The summed E-state index contributed by atoms with van der Waals surface area (Å²) in [6, 6.07) is 19.2. The fourth-order valence-corrected chi connectivity index (χ4v) is 5.09. The molecule has 1 aliphatic carbocycles. The Labute approximate surface area is 253 Å². The van der Waals surface area contributed by atoms with Crippen LogP contribution in [0.5, 0.6) is 5.75 Å². The van der Waals surface area contributed by atoms with Crippen molar-refractivity contribution in [3.63, 3.8) is 0 Å². The highest BCUT2D eigenvalue weighted by Crippen LogP contribution is 2.35. The van der Waals surface area contributed by atoms with Crippen LogP contribution < -0.4 is 10.6 Å². The lowest BCUT2D eigenvalue weighted by Gasteiger charge is -2.43. The van der Waals surface area contributed by atoms with Crippen LogP contribution in [0.15, 0.2) is 79.4 Å². The minimum atomic E-state index is -1.03. The number of ether oxygens (including phenoxy) is 1. The molecule has 4 rings (SSSR count). The van der Waals surface area contributed by atoms with E-state index in [9.17, 15) is 19.5 Å². The Morgan fingerprint density at radius 1 is 1.05 bits per heavy atom. The lowest BCUT2D eigenvalue weighted by atomic mass is 9.87. The molecule has 1 saturated carbocycles. The van der Waals surface area contributed by atoms with Gasteiger partial charge in [0.2, 0.25) is 5.91 Å². The minimum absolute atomic E-state index is 0.0952. The predicted molar refractivity (Wildman–Crippen MR) is 169 cm³/mol. The van der Waals surface area contributed by atoms with E-state index < -0.39 is 29.7 Å². The number of benzene rings is 3. The van der Waals surface area contributed by atoms with Gasteiger partial charge in [-0.15, -0.1) is 0 Å². The summed E-state index contributed by atoms with van der Waals surface area (Å²) < 4.78 is 5.52. The van der Waals surface area contributed by atoms with Crippen molar-refractivity contribution in [1.82, 2.24) is 10.2 Å². The lowest BCUT2D eigenvalue weighted by Crippen LogP contribution is -2.57. The number of aromatic hydroxyl groups is 1. The molecule has 0 radical (unpaired) electrons. The smallest absolute Gasteiger partial charge is 0.408 e. The van der Waals surface area contributed by atoms with E-state index in [-0.39, 0.29) is 24.1 Å². The summed E-state index contributed by atoms with van der Waals surface area (Å²) in [6.45, 7) is 11.1. The van der Waals surface area contributed by atoms with Crippen LogP contribution in [-0.4, -0.2) is 45.6 Å². The summed E-state index contributed by atoms with van der Waals surface area (Å²) in [6.07, 6.45) is 3.51. The molecule has 0 spiro atoms. The van der Waals surface area contributed by atoms with Crippen LogP contribution in [0.2, 0.25) is 0 Å². The van der Waals surface area contributed by atoms with Crippen molar-refractivity contribution in [3.05, 3.63) is 102 Å². The van der Waals surface area contributed by atoms with Crippen molar-refractivity contribution in [2.45, 2.75) is 77.1 Å². The molecular formula is C35H41N3O5. The highest BCUT2D eigenvalue weighted by atomic mass is 16.6. The summed E-state index contributed by atoms with van der Waals surface area (Å²) >= 11 is 0. The van der Waals surface area contributed by atoms with Crippen molar-refractivity contribution in [2.24, 2.45) is 0 Å². The third-order valence-electron chi connectivity index (χ3n) is 7.48. The largest absolute Gasteiger partial charge is 0.508 e. The number of carbonyl (C=O) groups excluding carboxylic acids is 3. The maximum atomic E-state index is 14.6. The monoisotopic (exact) mass is 583 g/mol. The van der Waals surface area contributed by atoms with Gasteiger partial charge < -0.3 is 25.4 Å². The van der Waals surface area contributed by atoms with Crippen molar-refractivity contribution >= 4 is 29.7 Å². The molecule has 1 fully saturated rings. The molecule has 3 amide bonds. The zero-order chi connectivity index (χ0) is 31.1. The highest BCUT2D eigenvalue weighted by molar-refractivity contribution is 5.99. The van der Waals surface area contributed by atoms with E-state index in [4.69, 9.17) is 4.74 Å². The quantitative estimate of drug-likeness (QED) is 0.251. The summed E-state index contributed by atoms with van der Waals surface area (Å²) in [7, 11) is 0. The molecule has 43 heavy (non-hydrogen) atoms. The second kappa shape index (κ2) is 13.6. The fourth-order valence-electron chi connectivity index (χ4n) is 5.09. The molecule has 3 N–H and O–H groups in total. The van der Waals surface area contributed by atoms with Gasteiger partial charge in [-0.05, 0) is 93.5 Å². The zero-order valence-corrected chi connectivity index (χ0v) is 25.3. The van der Waals surface area contributed by atoms with E-state index in [0.29, 0.717) is 11.3 Å². The topological polar surface area (TPSA) is 108 Å². The second-order valence-corrected chi connectivity index (χ2v) is 12.0. The lowest BCUT2D eigenvalue weighted by molar-refractivity contribution is -0.145. The molecule has 0 bridgehead atoms. The zero-order valence-electron chi connectivity index (χ0n) is 25.3. The molecule has 0 aromatic heterocycles. The first-order valence-corrected chi connectivity index (χ1v) is 14.6. The Morgan fingerprint density at radius 3 is 2.35 bits per heavy atom. The molecule has 226 valence electrons. The number of hydrogen-bond acceptors (Lipinski definition) is 5. The molecule has 3 aromatic carbocycles. The number of nitrogens with zero attached hydrogens (tertiary/aromatic N) is 1. The first-order chi connectivity index (χ1) is 20.4. The van der Waals surface area contributed by atoms with Crippen LogP contribution >= 0.6 is 0 Å². The van der Waals surface area contributed by atoms with Crippen LogP contribution in [-0.2, 0) is 20.7 Å². The average molecular weight is 584 g/mol. The van der Waals surface area contributed by atoms with Crippen LogP contribution in [0.4, 0.5) is 10.5 Å². The van der Waals surface area contributed by atoms with E-state index in [2.05, 4.69) is 17.2 Å². The van der Waals surface area contributed by atoms with E-state index in [1.165, 1.54) is 12.1 Å². The molecule has 2 unspecified atom stereocenters. The molecule has 0 heterocycles. The van der Waals surface area contributed by atoms with Crippen LogP contribution in [0.25, 0.3) is 6.08 Å². The minimum Gasteiger partial charge on any atom is -0.508 e. The SMILES string of the molecule is C=Cc1cccc(C(C(=O)Nc2ccccc2C)N(C(=O)C(Cc2ccc(O)cc2)NC(=O)OC(C)(C)C)C2CCC2)c1. The van der Waals surface area contributed by atoms with Crippen molar-refractivity contribution in [3.8, 4) is 5.75 Å². The van der Waals surface area contributed by atoms with E-state index in [1.54, 1.807) is 43.9 Å². The number of phenolic OH excluding ortho intramolecular Hbond substituents is 1. The highest BCUT2D eigenvalue weighted by Gasteiger charge is 2.42. The van der Waals surface area contributed by atoms with E-state index >= 15 is 0 Å². The average Bonchev–Trinajstić information content (AvgIpc) is 2.92. The standard InChI is InChI=1S/C35H41N3O5/c1-6-24-12-9-13-26(21-24)31(32(40)36-29-16-8-7-11-23(29)2)38(27-14-10-15-27)33(41)30(37-34(42)43-35(3,4)5)22-25-17-19-28(39)20-18-25/h6-9,11-13,16-21,27,30-31,39H,1,10,14-15,22H2,2-5H3,(H,36,40)(H,37,42). The van der Waals surface area contributed by atoms with Gasteiger partial charge in [0.1, 0.15) is 23.4 Å². The van der Waals surface area contributed by atoms with Gasteiger partial charge >= 0.3 is 6.09 Å². The predicted octanol–water partition coefficient (Wildman–Crippen LogP) is 6.54. The number of hydrogen-bond donors (Lipinski definition) is 3. The molecule has 0 aliphatic heterocycles. The number of rotatable bonds is 10. The normalized spacial score (nSPS) is 14.5. The molecular weight excluding hydrogens is 542 g/mol. The molecule has 8 heteroatoms. The number of alkyl carbamates (subject to hydrolysis) is 1. The Morgan fingerprint density at radius 2 is 1.74 bits per heavy atom. The number of carbonyl (C=O) groups is 3. The van der Waals surface area contributed by atoms with Gasteiger partial charge in [0.25, 0.3) is 5.91 Å². The third kappa shape index (κ3) is 8.25. The number of para-hydroxylation sites is 1. The Bertz CT molecular complexity index is 1460. The number of amides is 3. The summed E-state index contributed by atoms with van der Waals surface area (Å²) in [4.78, 5) is 43.5. The maximum absolute atomic E-state index is 14.6. The van der Waals surface area contributed by atoms with Gasteiger partial charge in [0.15, 0.2) is 0 Å². The number of phenols is 1. The van der Waals surface area contributed by atoms with Crippen molar-refractivity contribution in [1.29, 1.82) is 0 Å². The van der Waals surface area contributed by atoms with Gasteiger partial charge in [0.05, 0.1) is 0 Å². The first-order valence-electron chi connectivity index (χ1n) is 14.6. The number of aryl methyl sites for hydroxylation is 1. The number of nitrogens with one attached hydrogen (secondary N) is 2. The molecule has 2 atom stereocenters. The van der Waals surface area contributed by atoms with E-state index in [1.807, 2.05) is 55.5 Å². The molecule has 1 aliphatic rings. The van der Waals surface area contributed by atoms with Gasteiger partial charge in [-0.1, -0.05) is 61.2 Å². The van der Waals surface area contributed by atoms with Gasteiger partial charge in [0, 0.05) is 18.2 Å². The van der Waals surface area contributed by atoms with Crippen LogP contribution in [0.3, 0.4) is 0 Å². The van der Waals surface area contributed by atoms with E-state index in [0.717, 1.165) is 36.0 Å².